The fourth-order valence-corrected chi connectivity index (χ4v) is 2.73. The van der Waals surface area contributed by atoms with Gasteiger partial charge in [-0.15, -0.1) is 0 Å². The van der Waals surface area contributed by atoms with Crippen molar-refractivity contribution in [2.75, 3.05) is 6.26 Å². The Labute approximate surface area is 121 Å². The van der Waals surface area contributed by atoms with E-state index in [9.17, 15) is 8.42 Å². The Kier molecular flexibility index (Phi) is 3.56. The van der Waals surface area contributed by atoms with Gasteiger partial charge in [0.05, 0.1) is 16.1 Å². The molecule has 0 atom stereocenters. The maximum atomic E-state index is 11.7. The van der Waals surface area contributed by atoms with E-state index >= 15 is 0 Å². The fourth-order valence-electron chi connectivity index (χ4n) is 2.07. The van der Waals surface area contributed by atoms with E-state index < -0.39 is 28.2 Å². The quantitative estimate of drug-likeness (QED) is 0.779. The topological polar surface area (TPSA) is 52.6 Å². The number of hydrogen-bond donors (Lipinski definition) is 0. The Bertz CT molecular complexity index is 619. The molecule has 2 rings (SSSR count). The first kappa shape index (κ1) is 15.5. The number of benzene rings is 1. The molecule has 0 spiro atoms. The fraction of sp³-hybridized carbons (Fsp3) is 0.571. The Morgan fingerprint density at radius 3 is 2.00 bits per heavy atom. The second kappa shape index (κ2) is 4.58. The van der Waals surface area contributed by atoms with E-state index in [1.807, 2.05) is 34.6 Å². The van der Waals surface area contributed by atoms with E-state index in [0.717, 1.165) is 11.0 Å². The van der Waals surface area contributed by atoms with Crippen molar-refractivity contribution in [2.24, 2.45) is 0 Å². The molecule has 0 N–H and O–H groups in total. The van der Waals surface area contributed by atoms with Gasteiger partial charge in [0.1, 0.15) is 0 Å². The lowest BCUT2D eigenvalue weighted by Crippen LogP contribution is -2.41. The first-order chi connectivity index (χ1) is 8.94. The molecule has 4 nitrogen and oxygen atoms in total. The predicted octanol–water partition coefficient (Wildman–Crippen LogP) is 1.70. The first-order valence-electron chi connectivity index (χ1n) is 6.60. The summed E-state index contributed by atoms with van der Waals surface area (Å²) in [5.74, 6) is 0. The monoisotopic (exact) mass is 296 g/mol. The third-order valence-electron chi connectivity index (χ3n) is 4.19. The van der Waals surface area contributed by atoms with Crippen LogP contribution in [0.5, 0.6) is 0 Å². The molecule has 6 heteroatoms. The lowest BCUT2D eigenvalue weighted by atomic mass is 9.76. The Hall–Kier alpha value is -0.845. The molecule has 1 aromatic rings. The molecule has 1 heterocycles. The minimum atomic E-state index is -3.24. The number of rotatable bonds is 2. The zero-order valence-electron chi connectivity index (χ0n) is 12.9. The van der Waals surface area contributed by atoms with Crippen LogP contribution in [0, 0.1) is 6.92 Å². The van der Waals surface area contributed by atoms with Gasteiger partial charge in [0.15, 0.2) is 9.84 Å². The van der Waals surface area contributed by atoms with Crippen molar-refractivity contribution in [2.45, 2.75) is 50.7 Å². The van der Waals surface area contributed by atoms with E-state index in [0.29, 0.717) is 0 Å². The normalized spacial score (nSPS) is 21.2. The van der Waals surface area contributed by atoms with Gasteiger partial charge < -0.3 is 9.31 Å². The summed E-state index contributed by atoms with van der Waals surface area (Å²) in [6.45, 7) is 9.82. The summed E-state index contributed by atoms with van der Waals surface area (Å²) in [5.41, 5.74) is 0.846. The van der Waals surface area contributed by atoms with Crippen molar-refractivity contribution in [1.29, 1.82) is 0 Å². The zero-order valence-corrected chi connectivity index (χ0v) is 13.7. The predicted molar refractivity (Wildman–Crippen MR) is 80.0 cm³/mol. The van der Waals surface area contributed by atoms with Crippen molar-refractivity contribution in [3.05, 3.63) is 23.8 Å². The van der Waals surface area contributed by atoms with Crippen molar-refractivity contribution in [3.8, 4) is 0 Å². The minimum Gasteiger partial charge on any atom is -0.399 e. The molecule has 1 fully saturated rings. The molecule has 20 heavy (non-hydrogen) atoms. The van der Waals surface area contributed by atoms with Crippen LogP contribution in [0.2, 0.25) is 0 Å². The van der Waals surface area contributed by atoms with Crippen molar-refractivity contribution >= 4 is 22.4 Å². The molecule has 0 amide bonds. The van der Waals surface area contributed by atoms with E-state index in [-0.39, 0.29) is 4.90 Å². The molecule has 0 aliphatic carbocycles. The van der Waals surface area contributed by atoms with E-state index in [4.69, 9.17) is 9.31 Å². The minimum absolute atomic E-state index is 0.285. The smallest absolute Gasteiger partial charge is 0.399 e. The third kappa shape index (κ3) is 2.64. The zero-order chi connectivity index (χ0) is 15.3. The molecule has 0 saturated carbocycles. The van der Waals surface area contributed by atoms with Crippen LogP contribution >= 0.6 is 0 Å². The van der Waals surface area contributed by atoms with E-state index in [2.05, 4.69) is 0 Å². The van der Waals surface area contributed by atoms with E-state index in [1.165, 1.54) is 6.26 Å². The molecular weight excluding hydrogens is 275 g/mol. The standard InChI is InChI=1S/C14H21BO4S/c1-10-7-8-11(20(6,16)17)9-12(10)15-18-13(2,3)14(4,5)19-15/h7-9H,1-6H3. The average Bonchev–Trinajstić information content (AvgIpc) is 2.46. The molecule has 0 aromatic heterocycles. The van der Waals surface area contributed by atoms with Gasteiger partial charge in [-0.2, -0.15) is 0 Å². The largest absolute Gasteiger partial charge is 0.495 e. The molecule has 1 aliphatic heterocycles. The van der Waals surface area contributed by atoms with Crippen LogP contribution in [0.3, 0.4) is 0 Å². The highest BCUT2D eigenvalue weighted by molar-refractivity contribution is 7.90. The van der Waals surface area contributed by atoms with Crippen molar-refractivity contribution in [3.63, 3.8) is 0 Å². The molecule has 1 aliphatic rings. The molecule has 0 bridgehead atoms. The number of hydrogen-bond acceptors (Lipinski definition) is 4. The molecule has 110 valence electrons. The Morgan fingerprint density at radius 1 is 1.05 bits per heavy atom. The summed E-state index contributed by atoms with van der Waals surface area (Å²) < 4.78 is 35.3. The number of sulfone groups is 1. The average molecular weight is 296 g/mol. The van der Waals surface area contributed by atoms with Gasteiger partial charge in [-0.25, -0.2) is 8.42 Å². The van der Waals surface area contributed by atoms with Crippen LogP contribution in [0.4, 0.5) is 0 Å². The number of aryl methyl sites for hydroxylation is 1. The highest BCUT2D eigenvalue weighted by atomic mass is 32.2. The van der Waals surface area contributed by atoms with E-state index in [1.54, 1.807) is 18.2 Å². The molecule has 1 saturated heterocycles. The van der Waals surface area contributed by atoms with Crippen LogP contribution in [-0.4, -0.2) is 33.0 Å². The summed E-state index contributed by atoms with van der Waals surface area (Å²) in [6, 6.07) is 5.04. The van der Waals surface area contributed by atoms with Crippen molar-refractivity contribution < 1.29 is 17.7 Å². The molecule has 0 radical (unpaired) electrons. The summed E-state index contributed by atoms with van der Waals surface area (Å²) in [7, 11) is -3.78. The van der Waals surface area contributed by atoms with Gasteiger partial charge >= 0.3 is 7.12 Å². The Morgan fingerprint density at radius 2 is 1.55 bits per heavy atom. The highest BCUT2D eigenvalue weighted by Gasteiger charge is 2.52. The van der Waals surface area contributed by atoms with Crippen LogP contribution < -0.4 is 5.46 Å². The first-order valence-corrected chi connectivity index (χ1v) is 8.49. The Balaban J connectivity index is 2.45. The van der Waals surface area contributed by atoms with Crippen LogP contribution in [0.25, 0.3) is 0 Å². The summed E-state index contributed by atoms with van der Waals surface area (Å²) in [6.07, 6.45) is 1.20. The summed E-state index contributed by atoms with van der Waals surface area (Å²) in [4.78, 5) is 0.285. The van der Waals surface area contributed by atoms with Crippen LogP contribution in [0.1, 0.15) is 33.3 Å². The molecular formula is C14H21BO4S. The van der Waals surface area contributed by atoms with Gasteiger partial charge in [-0.3, -0.25) is 0 Å². The van der Waals surface area contributed by atoms with Gasteiger partial charge in [-0.1, -0.05) is 11.6 Å². The van der Waals surface area contributed by atoms with Gasteiger partial charge in [0.25, 0.3) is 0 Å². The SMILES string of the molecule is Cc1ccc(S(C)(=O)=O)cc1B1OC(C)(C)C(C)(C)O1. The second-order valence-corrected chi connectivity index (χ2v) is 8.39. The van der Waals surface area contributed by atoms with Crippen molar-refractivity contribution in [1.82, 2.24) is 0 Å². The maximum Gasteiger partial charge on any atom is 0.495 e. The lowest BCUT2D eigenvalue weighted by Gasteiger charge is -2.32. The van der Waals surface area contributed by atoms with Gasteiger partial charge in [-0.05, 0) is 52.2 Å². The molecule has 0 unspecified atom stereocenters. The highest BCUT2D eigenvalue weighted by Crippen LogP contribution is 2.36. The lowest BCUT2D eigenvalue weighted by molar-refractivity contribution is 0.00578. The summed E-state index contributed by atoms with van der Waals surface area (Å²) in [5, 5.41) is 0. The second-order valence-electron chi connectivity index (χ2n) is 6.38. The third-order valence-corrected chi connectivity index (χ3v) is 5.30. The van der Waals surface area contributed by atoms with Crippen LogP contribution in [-0.2, 0) is 19.1 Å². The summed E-state index contributed by atoms with van der Waals surface area (Å²) >= 11 is 0. The van der Waals surface area contributed by atoms with Crippen LogP contribution in [0.15, 0.2) is 23.1 Å². The van der Waals surface area contributed by atoms with Gasteiger partial charge in [0, 0.05) is 6.26 Å². The maximum absolute atomic E-state index is 11.7. The van der Waals surface area contributed by atoms with Gasteiger partial charge in [0.2, 0.25) is 0 Å². The molecule has 1 aromatic carbocycles.